The van der Waals surface area contributed by atoms with Gasteiger partial charge in [-0.1, -0.05) is 13.3 Å². The molecule has 0 aromatic carbocycles. The summed E-state index contributed by atoms with van der Waals surface area (Å²) < 4.78 is 4.87. The van der Waals surface area contributed by atoms with Gasteiger partial charge in [0.1, 0.15) is 6.54 Å². The van der Waals surface area contributed by atoms with E-state index >= 15 is 0 Å². The molecule has 6 nitrogen and oxygen atoms in total. The second-order valence-corrected chi connectivity index (χ2v) is 4.29. The van der Waals surface area contributed by atoms with Gasteiger partial charge >= 0.3 is 0 Å². The Bertz CT molecular complexity index is 269. The Morgan fingerprint density at radius 1 is 1.32 bits per heavy atom. The van der Waals surface area contributed by atoms with Crippen molar-refractivity contribution in [2.75, 3.05) is 46.9 Å². The summed E-state index contributed by atoms with van der Waals surface area (Å²) in [4.78, 5) is 17.9. The first kappa shape index (κ1) is 17.7. The average Bonchev–Trinajstić information content (AvgIpc) is 2.41. The van der Waals surface area contributed by atoms with E-state index in [-0.39, 0.29) is 12.5 Å². The van der Waals surface area contributed by atoms with Crippen LogP contribution in [-0.4, -0.2) is 63.7 Å². The lowest BCUT2D eigenvalue weighted by Crippen LogP contribution is -2.40. The molecule has 0 unspecified atom stereocenters. The molecular weight excluding hydrogens is 244 g/mol. The molecule has 0 aliphatic carbocycles. The zero-order valence-electron chi connectivity index (χ0n) is 12.7. The van der Waals surface area contributed by atoms with Crippen LogP contribution in [0.2, 0.25) is 0 Å². The van der Waals surface area contributed by atoms with Crippen molar-refractivity contribution in [3.63, 3.8) is 0 Å². The summed E-state index contributed by atoms with van der Waals surface area (Å²) >= 11 is 0. The van der Waals surface area contributed by atoms with E-state index < -0.39 is 0 Å². The van der Waals surface area contributed by atoms with Crippen LogP contribution in [0.3, 0.4) is 0 Å². The third kappa shape index (κ3) is 9.30. The van der Waals surface area contributed by atoms with E-state index in [9.17, 15) is 4.79 Å². The first-order valence-corrected chi connectivity index (χ1v) is 6.90. The minimum absolute atomic E-state index is 0.0867. The molecule has 0 aliphatic heterocycles. The second kappa shape index (κ2) is 11.8. The molecule has 0 bridgehead atoms. The van der Waals surface area contributed by atoms with Crippen LogP contribution in [0.4, 0.5) is 0 Å². The summed E-state index contributed by atoms with van der Waals surface area (Å²) in [5, 5.41) is 5.93. The number of unbranched alkanes of at least 4 members (excludes halogenated alkanes) is 1. The molecule has 0 aliphatic rings. The Morgan fingerprint density at radius 2 is 2.05 bits per heavy atom. The van der Waals surface area contributed by atoms with Gasteiger partial charge < -0.3 is 20.3 Å². The summed E-state index contributed by atoms with van der Waals surface area (Å²) in [6.07, 6.45) is 2.25. The quantitative estimate of drug-likeness (QED) is 0.363. The van der Waals surface area contributed by atoms with Gasteiger partial charge in [-0.3, -0.25) is 4.79 Å². The van der Waals surface area contributed by atoms with Crippen molar-refractivity contribution in [3.8, 4) is 0 Å². The van der Waals surface area contributed by atoms with E-state index in [1.165, 1.54) is 0 Å². The van der Waals surface area contributed by atoms with Crippen molar-refractivity contribution in [2.24, 2.45) is 4.99 Å². The van der Waals surface area contributed by atoms with Crippen molar-refractivity contribution in [3.05, 3.63) is 0 Å². The van der Waals surface area contributed by atoms with E-state index in [1.54, 1.807) is 7.11 Å². The average molecular weight is 272 g/mol. The number of amides is 1. The van der Waals surface area contributed by atoms with Gasteiger partial charge in [-0.2, -0.15) is 0 Å². The summed E-state index contributed by atoms with van der Waals surface area (Å²) in [5.41, 5.74) is 0. The van der Waals surface area contributed by atoms with Gasteiger partial charge in [-0.15, -0.1) is 0 Å². The molecule has 112 valence electrons. The summed E-state index contributed by atoms with van der Waals surface area (Å²) in [6, 6.07) is 0. The first-order chi connectivity index (χ1) is 9.15. The highest BCUT2D eigenvalue weighted by Gasteiger charge is 2.06. The Balaban J connectivity index is 4.20. The van der Waals surface area contributed by atoms with Crippen molar-refractivity contribution >= 4 is 11.9 Å². The second-order valence-electron chi connectivity index (χ2n) is 4.29. The predicted molar refractivity (Wildman–Crippen MR) is 78.4 cm³/mol. The SMILES string of the molecule is CCCCN(C)C(=NCC(=O)NCCOC)NCC. The number of rotatable bonds is 9. The molecule has 2 N–H and O–H groups in total. The van der Waals surface area contributed by atoms with Gasteiger partial charge in [0.25, 0.3) is 0 Å². The molecule has 6 heteroatoms. The molecule has 0 saturated heterocycles. The van der Waals surface area contributed by atoms with Crippen LogP contribution in [0.1, 0.15) is 26.7 Å². The van der Waals surface area contributed by atoms with Gasteiger partial charge in [-0.05, 0) is 13.3 Å². The Kier molecular flexibility index (Phi) is 11.0. The lowest BCUT2D eigenvalue weighted by molar-refractivity contribution is -0.119. The fourth-order valence-electron chi connectivity index (χ4n) is 1.47. The number of carbonyl (C=O) groups excluding carboxylic acids is 1. The zero-order valence-corrected chi connectivity index (χ0v) is 12.7. The molecule has 0 rings (SSSR count). The first-order valence-electron chi connectivity index (χ1n) is 6.90. The van der Waals surface area contributed by atoms with E-state index in [0.29, 0.717) is 13.2 Å². The maximum Gasteiger partial charge on any atom is 0.241 e. The Labute approximate surface area is 116 Å². The van der Waals surface area contributed by atoms with Crippen LogP contribution < -0.4 is 10.6 Å². The van der Waals surface area contributed by atoms with Crippen molar-refractivity contribution < 1.29 is 9.53 Å². The Hall–Kier alpha value is -1.30. The number of guanidine groups is 1. The largest absolute Gasteiger partial charge is 0.383 e. The van der Waals surface area contributed by atoms with E-state index in [1.807, 2.05) is 14.0 Å². The van der Waals surface area contributed by atoms with Crippen LogP contribution in [0.25, 0.3) is 0 Å². The molecule has 0 radical (unpaired) electrons. The number of ether oxygens (including phenoxy) is 1. The molecule has 0 aromatic rings. The predicted octanol–water partition coefficient (Wildman–Crippen LogP) is 0.446. The molecule has 0 fully saturated rings. The molecule has 1 amide bonds. The number of nitrogens with one attached hydrogen (secondary N) is 2. The van der Waals surface area contributed by atoms with Crippen LogP contribution >= 0.6 is 0 Å². The minimum Gasteiger partial charge on any atom is -0.383 e. The molecule has 0 heterocycles. The van der Waals surface area contributed by atoms with E-state index in [2.05, 4.69) is 27.4 Å². The highest BCUT2D eigenvalue weighted by atomic mass is 16.5. The monoisotopic (exact) mass is 272 g/mol. The summed E-state index contributed by atoms with van der Waals surface area (Å²) in [5.74, 6) is 0.689. The lowest BCUT2D eigenvalue weighted by atomic mass is 10.3. The van der Waals surface area contributed by atoms with E-state index in [4.69, 9.17) is 4.74 Å². The highest BCUT2D eigenvalue weighted by molar-refractivity contribution is 5.84. The number of hydrogen-bond donors (Lipinski definition) is 2. The number of carbonyl (C=O) groups is 1. The number of nitrogens with zero attached hydrogens (tertiary/aromatic N) is 2. The molecule has 0 aromatic heterocycles. The van der Waals surface area contributed by atoms with Crippen LogP contribution in [-0.2, 0) is 9.53 Å². The van der Waals surface area contributed by atoms with Gasteiger partial charge in [0, 0.05) is 33.8 Å². The minimum atomic E-state index is -0.0867. The zero-order chi connectivity index (χ0) is 14.5. The number of methoxy groups -OCH3 is 1. The highest BCUT2D eigenvalue weighted by Crippen LogP contribution is 1.93. The van der Waals surface area contributed by atoms with Gasteiger partial charge in [-0.25, -0.2) is 4.99 Å². The van der Waals surface area contributed by atoms with Crippen molar-refractivity contribution in [1.29, 1.82) is 0 Å². The summed E-state index contributed by atoms with van der Waals surface area (Å²) in [7, 11) is 3.59. The molecular formula is C13H28N4O2. The molecule has 19 heavy (non-hydrogen) atoms. The van der Waals surface area contributed by atoms with Crippen LogP contribution in [0, 0.1) is 0 Å². The molecule has 0 spiro atoms. The number of hydrogen-bond acceptors (Lipinski definition) is 3. The fourth-order valence-corrected chi connectivity index (χ4v) is 1.47. The van der Waals surface area contributed by atoms with Crippen LogP contribution in [0.15, 0.2) is 4.99 Å². The maximum atomic E-state index is 11.5. The van der Waals surface area contributed by atoms with Gasteiger partial charge in [0.05, 0.1) is 6.61 Å². The maximum absolute atomic E-state index is 11.5. The van der Waals surface area contributed by atoms with Crippen molar-refractivity contribution in [2.45, 2.75) is 26.7 Å². The van der Waals surface area contributed by atoms with Gasteiger partial charge in [0.2, 0.25) is 5.91 Å². The topological polar surface area (TPSA) is 66.0 Å². The summed E-state index contributed by atoms with van der Waals surface area (Å²) in [6.45, 7) is 7.08. The number of aliphatic imine (C=N–C) groups is 1. The molecule has 0 atom stereocenters. The van der Waals surface area contributed by atoms with Gasteiger partial charge in [0.15, 0.2) is 5.96 Å². The lowest BCUT2D eigenvalue weighted by Gasteiger charge is -2.21. The third-order valence-electron chi connectivity index (χ3n) is 2.54. The fraction of sp³-hybridized carbons (Fsp3) is 0.846. The van der Waals surface area contributed by atoms with Crippen molar-refractivity contribution in [1.82, 2.24) is 15.5 Å². The standard InChI is InChI=1S/C13H28N4O2/c1-5-7-9-17(3)13(14-6-2)16-11-12(18)15-8-10-19-4/h5-11H2,1-4H3,(H,14,16)(H,15,18). The Morgan fingerprint density at radius 3 is 2.63 bits per heavy atom. The van der Waals surface area contributed by atoms with Crippen LogP contribution in [0.5, 0.6) is 0 Å². The third-order valence-corrected chi connectivity index (χ3v) is 2.54. The van der Waals surface area contributed by atoms with E-state index in [0.717, 1.165) is 31.9 Å². The molecule has 0 saturated carbocycles. The normalized spacial score (nSPS) is 11.3. The smallest absolute Gasteiger partial charge is 0.241 e.